The zero-order chi connectivity index (χ0) is 63.2. The van der Waals surface area contributed by atoms with Crippen molar-refractivity contribution in [2.75, 3.05) is 9.80 Å². The van der Waals surface area contributed by atoms with Gasteiger partial charge in [0.25, 0.3) is 0 Å². The van der Waals surface area contributed by atoms with Crippen molar-refractivity contribution in [2.45, 2.75) is 0 Å². The Morgan fingerprint density at radius 3 is 1.09 bits per heavy atom. The van der Waals surface area contributed by atoms with E-state index in [-0.39, 0.29) is 0 Å². The first-order chi connectivity index (χ1) is 47.5. The number of fused-ring (bicyclic) bond motifs is 12. The molecule has 0 aliphatic carbocycles. The maximum Gasteiger partial charge on any atom is 0.136 e. The van der Waals surface area contributed by atoms with E-state index >= 15 is 0 Å². The molecule has 0 aliphatic rings. The number of hydrogen-bond donors (Lipinski definition) is 0. The molecular weight excluding hydrogens is 1210 g/mol. The number of nitrogens with zero attached hydrogens (tertiary/aromatic N) is 2. The van der Waals surface area contributed by atoms with Crippen LogP contribution in [0.25, 0.3) is 151 Å². The molecule has 0 spiro atoms. The average Bonchev–Trinajstić information content (AvgIpc) is 1.61. The van der Waals surface area contributed by atoms with E-state index in [1.165, 1.54) is 73.7 Å². The molecule has 450 valence electrons. The normalized spacial score (nSPS) is 11.8. The molecule has 0 atom stereocenters. The molecule has 0 radical (unpaired) electrons. The van der Waals surface area contributed by atoms with E-state index in [2.05, 4.69) is 337 Å². The largest absolute Gasteiger partial charge is 0.456 e. The van der Waals surface area contributed by atoms with Crippen LogP contribution in [0.3, 0.4) is 0 Å². The molecule has 0 bridgehead atoms. The van der Waals surface area contributed by atoms with Gasteiger partial charge in [-0.1, -0.05) is 206 Å². The van der Waals surface area contributed by atoms with Gasteiger partial charge in [-0.2, -0.15) is 0 Å². The Hall–Kier alpha value is -12.1. The Morgan fingerprint density at radius 1 is 0.188 bits per heavy atom. The molecule has 6 heteroatoms. The van der Waals surface area contributed by atoms with Crippen LogP contribution in [0, 0.1) is 0 Å². The summed E-state index contributed by atoms with van der Waals surface area (Å²) < 4.78 is 18.0. The van der Waals surface area contributed by atoms with Crippen molar-refractivity contribution in [2.24, 2.45) is 0 Å². The quantitative estimate of drug-likeness (QED) is 0.122. The van der Waals surface area contributed by atoms with Crippen molar-refractivity contribution in [3.63, 3.8) is 0 Å². The molecular formula is C90H56N2O2S2. The lowest BCUT2D eigenvalue weighted by atomic mass is 9.98. The van der Waals surface area contributed by atoms with Crippen molar-refractivity contribution in [3.05, 3.63) is 340 Å². The van der Waals surface area contributed by atoms with E-state index in [4.69, 9.17) is 8.83 Å². The molecule has 0 fully saturated rings. The highest BCUT2D eigenvalue weighted by molar-refractivity contribution is 7.26. The monoisotopic (exact) mass is 1260 g/mol. The van der Waals surface area contributed by atoms with Crippen LogP contribution in [0.5, 0.6) is 0 Å². The third-order valence-corrected chi connectivity index (χ3v) is 21.6. The molecule has 96 heavy (non-hydrogen) atoms. The Morgan fingerprint density at radius 2 is 0.531 bits per heavy atom. The van der Waals surface area contributed by atoms with Crippen molar-refractivity contribution in [1.29, 1.82) is 0 Å². The first-order valence-corrected chi connectivity index (χ1v) is 34.1. The fraction of sp³-hybridized carbons (Fsp3) is 0. The van der Waals surface area contributed by atoms with E-state index in [0.717, 1.165) is 111 Å². The van der Waals surface area contributed by atoms with Crippen molar-refractivity contribution < 1.29 is 8.83 Å². The van der Waals surface area contributed by atoms with Crippen molar-refractivity contribution in [1.82, 2.24) is 0 Å². The standard InChI is InChI=1S/C90H56N2O2S2/c1-3-13-57(14-4-1)58-25-39-69(40-26-58)92(70-43-29-59(30-44-70)63-36-50-84-80(53-63)75-17-7-9-23-83(75)93-84)72-47-33-62(34-48-72)74-20-12-22-79-82-55-65(38-52-88(82)96-90(74)79)66-35-49-76-81-54-64(37-51-85(81)94-86(76)56-66)60-27-41-68(42-28-60)91(67-15-5-2-6-16-67)71-45-31-61(32-46-71)73-19-11-21-78-77-18-8-10-24-87(77)95-89(73)78/h1-56H. The maximum atomic E-state index is 6.66. The average molecular weight is 1260 g/mol. The molecule has 0 amide bonds. The Kier molecular flexibility index (Phi) is 13.3. The van der Waals surface area contributed by atoms with Crippen LogP contribution in [0.15, 0.2) is 349 Å². The summed E-state index contributed by atoms with van der Waals surface area (Å²) in [5.74, 6) is 0. The van der Waals surface area contributed by atoms with Crippen LogP contribution in [0.4, 0.5) is 34.1 Å². The fourth-order valence-corrected chi connectivity index (χ4v) is 16.8. The molecule has 4 heterocycles. The number of rotatable bonds is 12. The van der Waals surface area contributed by atoms with Gasteiger partial charge in [0.05, 0.1) is 0 Å². The number of anilines is 6. The Labute approximate surface area is 562 Å². The minimum Gasteiger partial charge on any atom is -0.456 e. The predicted molar refractivity (Wildman–Crippen MR) is 409 cm³/mol. The first kappa shape index (κ1) is 55.6. The van der Waals surface area contributed by atoms with E-state index < -0.39 is 0 Å². The lowest BCUT2D eigenvalue weighted by Crippen LogP contribution is -2.09. The van der Waals surface area contributed by atoms with Gasteiger partial charge >= 0.3 is 0 Å². The Bertz CT molecular complexity index is 6170. The summed E-state index contributed by atoms with van der Waals surface area (Å²) in [5, 5.41) is 9.58. The van der Waals surface area contributed by atoms with E-state index in [9.17, 15) is 0 Å². The molecule has 19 aromatic rings. The second-order valence-corrected chi connectivity index (χ2v) is 26.8. The van der Waals surface area contributed by atoms with Gasteiger partial charge in [0.1, 0.15) is 22.3 Å². The number of furan rings is 2. The second-order valence-electron chi connectivity index (χ2n) is 24.7. The fourth-order valence-electron chi connectivity index (χ4n) is 14.3. The van der Waals surface area contributed by atoms with E-state index in [0.29, 0.717) is 0 Å². The summed E-state index contributed by atoms with van der Waals surface area (Å²) in [6.45, 7) is 0. The minimum absolute atomic E-state index is 0.873. The van der Waals surface area contributed by atoms with Gasteiger partial charge in [-0.3, -0.25) is 0 Å². The topological polar surface area (TPSA) is 32.8 Å². The molecule has 19 rings (SSSR count). The summed E-state index contributed by atoms with van der Waals surface area (Å²) >= 11 is 3.73. The van der Waals surface area contributed by atoms with Gasteiger partial charge in [-0.05, 0) is 200 Å². The zero-order valence-corrected chi connectivity index (χ0v) is 53.5. The van der Waals surface area contributed by atoms with Crippen LogP contribution >= 0.6 is 22.7 Å². The molecule has 0 saturated carbocycles. The molecule has 0 aliphatic heterocycles. The van der Waals surface area contributed by atoms with Gasteiger partial charge < -0.3 is 18.6 Å². The summed E-state index contributed by atoms with van der Waals surface area (Å²) in [5.41, 5.74) is 24.2. The third kappa shape index (κ3) is 9.64. The van der Waals surface area contributed by atoms with Gasteiger partial charge in [0, 0.05) is 96.0 Å². The Balaban J connectivity index is 0.596. The highest BCUT2D eigenvalue weighted by Crippen LogP contribution is 2.47. The van der Waals surface area contributed by atoms with Gasteiger partial charge in [-0.25, -0.2) is 0 Å². The van der Waals surface area contributed by atoms with E-state index in [1.54, 1.807) is 0 Å². The number of hydrogen-bond acceptors (Lipinski definition) is 6. The summed E-state index contributed by atoms with van der Waals surface area (Å²) in [4.78, 5) is 4.69. The summed E-state index contributed by atoms with van der Waals surface area (Å²) in [7, 11) is 0. The second kappa shape index (κ2) is 22.9. The molecule has 15 aromatic carbocycles. The molecule has 0 N–H and O–H groups in total. The summed E-state index contributed by atoms with van der Waals surface area (Å²) in [6.07, 6.45) is 0. The van der Waals surface area contributed by atoms with Gasteiger partial charge in [-0.15, -0.1) is 22.7 Å². The number of benzene rings is 15. The van der Waals surface area contributed by atoms with Crippen LogP contribution in [0.1, 0.15) is 0 Å². The van der Waals surface area contributed by atoms with Crippen molar-refractivity contribution >= 4 is 141 Å². The third-order valence-electron chi connectivity index (χ3n) is 19.1. The highest BCUT2D eigenvalue weighted by atomic mass is 32.1. The minimum atomic E-state index is 0.873. The van der Waals surface area contributed by atoms with Gasteiger partial charge in [0.2, 0.25) is 0 Å². The predicted octanol–water partition coefficient (Wildman–Crippen LogP) is 27.2. The smallest absolute Gasteiger partial charge is 0.136 e. The number of thiophene rings is 2. The first-order valence-electron chi connectivity index (χ1n) is 32.5. The summed E-state index contributed by atoms with van der Waals surface area (Å²) in [6, 6.07) is 123. The van der Waals surface area contributed by atoms with Crippen LogP contribution < -0.4 is 9.80 Å². The lowest BCUT2D eigenvalue weighted by Gasteiger charge is -2.26. The molecule has 0 unspecified atom stereocenters. The molecule has 4 nitrogen and oxygen atoms in total. The lowest BCUT2D eigenvalue weighted by molar-refractivity contribution is 0.668. The highest BCUT2D eigenvalue weighted by Gasteiger charge is 2.20. The van der Waals surface area contributed by atoms with Crippen LogP contribution in [-0.4, -0.2) is 0 Å². The van der Waals surface area contributed by atoms with Gasteiger partial charge in [0.15, 0.2) is 0 Å². The van der Waals surface area contributed by atoms with Crippen LogP contribution in [0.2, 0.25) is 0 Å². The maximum absolute atomic E-state index is 6.66. The number of para-hydroxylation sites is 2. The molecule has 4 aromatic heterocycles. The molecule has 0 saturated heterocycles. The zero-order valence-electron chi connectivity index (χ0n) is 51.9. The van der Waals surface area contributed by atoms with Crippen LogP contribution in [-0.2, 0) is 0 Å². The SMILES string of the molecule is c1ccc(-c2ccc(N(c3ccc(-c4ccc5oc6ccccc6c5c4)cc3)c3ccc(-c4cccc5c4sc4ccc(-c6ccc7c(c6)oc6ccc(-c8ccc(N(c9ccccc9)c9ccc(-c%10cccc%11c%10sc%10ccccc%10%11)cc9)cc8)cc67)cc45)cc3)cc2)cc1. The van der Waals surface area contributed by atoms with E-state index in [1.807, 2.05) is 34.8 Å². The van der Waals surface area contributed by atoms with Crippen molar-refractivity contribution in [3.8, 4) is 66.8 Å².